The van der Waals surface area contributed by atoms with Crippen molar-refractivity contribution in [1.29, 1.82) is 0 Å². The maximum absolute atomic E-state index is 13.2. The Hall–Kier alpha value is -2.37. The third kappa shape index (κ3) is 9.56. The van der Waals surface area contributed by atoms with Crippen molar-refractivity contribution in [3.63, 3.8) is 0 Å². The van der Waals surface area contributed by atoms with Crippen LogP contribution >= 0.6 is 0 Å². The maximum atomic E-state index is 13.2. The molecule has 1 unspecified atom stereocenters. The number of pyridine rings is 1. The highest BCUT2D eigenvalue weighted by atomic mass is 19.4. The lowest BCUT2D eigenvalue weighted by molar-refractivity contribution is -0.180. The molecule has 1 atom stereocenters. The van der Waals surface area contributed by atoms with Crippen molar-refractivity contribution in [2.45, 2.75) is 84.2 Å². The molecule has 0 aliphatic carbocycles. The van der Waals surface area contributed by atoms with Gasteiger partial charge in [-0.2, -0.15) is 13.2 Å². The van der Waals surface area contributed by atoms with E-state index in [4.69, 9.17) is 4.74 Å². The van der Waals surface area contributed by atoms with Crippen LogP contribution in [-0.2, 0) is 11.2 Å². The van der Waals surface area contributed by atoms with E-state index < -0.39 is 18.1 Å². The number of esters is 1. The van der Waals surface area contributed by atoms with Gasteiger partial charge in [-0.3, -0.25) is 4.98 Å². The summed E-state index contributed by atoms with van der Waals surface area (Å²) in [6, 6.07) is 10.8. The minimum absolute atomic E-state index is 0.0835. The minimum atomic E-state index is -4.27. The number of ether oxygens (including phenoxy) is 1. The first-order valence-electron chi connectivity index (χ1n) is 12.1. The van der Waals surface area contributed by atoms with E-state index in [0.29, 0.717) is 12.0 Å². The van der Waals surface area contributed by atoms with Gasteiger partial charge in [-0.25, -0.2) is 4.79 Å². The molecular weight excluding hydrogens is 427 g/mol. The number of benzene rings is 1. The van der Waals surface area contributed by atoms with Crippen LogP contribution in [0.25, 0.3) is 11.3 Å². The monoisotopic (exact) mass is 463 g/mol. The third-order valence-corrected chi connectivity index (χ3v) is 5.88. The fourth-order valence-electron chi connectivity index (χ4n) is 3.77. The molecule has 2 aromatic rings. The van der Waals surface area contributed by atoms with E-state index in [1.54, 1.807) is 24.3 Å². The zero-order valence-corrected chi connectivity index (χ0v) is 19.8. The van der Waals surface area contributed by atoms with Crippen molar-refractivity contribution in [3.8, 4) is 11.3 Å². The Labute approximate surface area is 195 Å². The number of aromatic nitrogens is 1. The molecule has 1 aromatic heterocycles. The van der Waals surface area contributed by atoms with Crippen molar-refractivity contribution in [3.05, 3.63) is 53.7 Å². The van der Waals surface area contributed by atoms with Gasteiger partial charge >= 0.3 is 12.1 Å². The van der Waals surface area contributed by atoms with E-state index in [1.165, 1.54) is 18.4 Å². The van der Waals surface area contributed by atoms with Crippen LogP contribution in [0.3, 0.4) is 0 Å². The number of carbonyl (C=O) groups excluding carboxylic acids is 1. The zero-order valence-electron chi connectivity index (χ0n) is 19.8. The van der Waals surface area contributed by atoms with Crippen LogP contribution in [0.15, 0.2) is 42.6 Å². The van der Waals surface area contributed by atoms with E-state index in [2.05, 4.69) is 18.0 Å². The molecule has 1 aromatic carbocycles. The van der Waals surface area contributed by atoms with E-state index >= 15 is 0 Å². The van der Waals surface area contributed by atoms with Crippen LogP contribution in [0.5, 0.6) is 0 Å². The van der Waals surface area contributed by atoms with Crippen molar-refractivity contribution >= 4 is 5.97 Å². The number of alkyl halides is 3. The number of aryl methyl sites for hydroxylation is 1. The summed E-state index contributed by atoms with van der Waals surface area (Å²) in [5, 5.41) is 0. The summed E-state index contributed by atoms with van der Waals surface area (Å²) in [7, 11) is 0. The largest absolute Gasteiger partial charge is 0.462 e. The summed E-state index contributed by atoms with van der Waals surface area (Å²) in [4.78, 5) is 16.8. The molecule has 3 nitrogen and oxygen atoms in total. The first-order chi connectivity index (χ1) is 15.8. The Morgan fingerprint density at radius 3 is 2.21 bits per heavy atom. The van der Waals surface area contributed by atoms with Gasteiger partial charge in [0.05, 0.1) is 23.8 Å². The van der Waals surface area contributed by atoms with Crippen LogP contribution in [0.2, 0.25) is 0 Å². The Bertz CT molecular complexity index is 817. The lowest BCUT2D eigenvalue weighted by atomic mass is 9.97. The molecule has 0 radical (unpaired) electrons. The van der Waals surface area contributed by atoms with Gasteiger partial charge in [0.15, 0.2) is 0 Å². The van der Waals surface area contributed by atoms with Gasteiger partial charge in [-0.05, 0) is 49.4 Å². The molecule has 33 heavy (non-hydrogen) atoms. The highest BCUT2D eigenvalue weighted by Gasteiger charge is 2.38. The zero-order chi connectivity index (χ0) is 24.1. The number of unbranched alkanes of at least 4 members (excludes halogenated alkanes) is 5. The Balaban J connectivity index is 1.85. The number of nitrogens with zero attached hydrogens (tertiary/aromatic N) is 1. The van der Waals surface area contributed by atoms with Crippen LogP contribution in [0.1, 0.15) is 87.6 Å². The summed E-state index contributed by atoms with van der Waals surface area (Å²) in [5.41, 5.74) is 3.21. The average molecular weight is 464 g/mol. The fraction of sp³-hybridized carbons (Fsp3) is 0.556. The molecule has 0 N–H and O–H groups in total. The normalized spacial score (nSPS) is 12.5. The number of carbonyl (C=O) groups is 1. The van der Waals surface area contributed by atoms with E-state index in [9.17, 15) is 18.0 Å². The van der Waals surface area contributed by atoms with Gasteiger partial charge in [0.1, 0.15) is 0 Å². The second kappa shape index (κ2) is 14.0. The fourth-order valence-corrected chi connectivity index (χ4v) is 3.77. The molecule has 0 aliphatic rings. The van der Waals surface area contributed by atoms with Gasteiger partial charge in [0.25, 0.3) is 0 Å². The highest BCUT2D eigenvalue weighted by Crippen LogP contribution is 2.33. The summed E-state index contributed by atoms with van der Waals surface area (Å²) in [6.45, 7) is 3.96. The Morgan fingerprint density at radius 1 is 0.909 bits per heavy atom. The van der Waals surface area contributed by atoms with Crippen LogP contribution in [0.4, 0.5) is 13.2 Å². The summed E-state index contributed by atoms with van der Waals surface area (Å²) in [6.07, 6.45) is 5.31. The predicted octanol–water partition coefficient (Wildman–Crippen LogP) is 8.18. The van der Waals surface area contributed by atoms with Crippen molar-refractivity contribution in [1.82, 2.24) is 4.98 Å². The number of rotatable bonds is 14. The van der Waals surface area contributed by atoms with Crippen LogP contribution in [-0.4, -0.2) is 23.7 Å². The second-order valence-corrected chi connectivity index (χ2v) is 8.60. The SMILES string of the molecule is CCCCCCC(CCOC(=O)c1ccc(-c2ccc(CCCCC)cn2)cc1)C(F)(F)F. The Morgan fingerprint density at radius 2 is 1.61 bits per heavy atom. The molecule has 0 saturated carbocycles. The van der Waals surface area contributed by atoms with Crippen molar-refractivity contribution in [2.24, 2.45) is 5.92 Å². The summed E-state index contributed by atoms with van der Waals surface area (Å²) < 4.78 is 44.8. The van der Waals surface area contributed by atoms with E-state index in [1.807, 2.05) is 19.2 Å². The van der Waals surface area contributed by atoms with Gasteiger partial charge in [0, 0.05) is 11.8 Å². The molecule has 0 spiro atoms. The number of hydrogen-bond acceptors (Lipinski definition) is 3. The van der Waals surface area contributed by atoms with Gasteiger partial charge in [-0.15, -0.1) is 0 Å². The molecular formula is C27H36F3NO2. The number of halogens is 3. The quantitative estimate of drug-likeness (QED) is 0.209. The van der Waals surface area contributed by atoms with Crippen molar-refractivity contribution < 1.29 is 22.7 Å². The molecule has 0 bridgehead atoms. The van der Waals surface area contributed by atoms with Gasteiger partial charge in [0.2, 0.25) is 0 Å². The van der Waals surface area contributed by atoms with Crippen LogP contribution < -0.4 is 0 Å². The highest BCUT2D eigenvalue weighted by molar-refractivity contribution is 5.90. The average Bonchev–Trinajstić information content (AvgIpc) is 2.80. The molecule has 0 fully saturated rings. The Kier molecular flexibility index (Phi) is 11.4. The smallest absolute Gasteiger partial charge is 0.391 e. The molecule has 182 valence electrons. The van der Waals surface area contributed by atoms with Gasteiger partial charge in [-0.1, -0.05) is 70.6 Å². The molecule has 0 amide bonds. The third-order valence-electron chi connectivity index (χ3n) is 5.88. The molecule has 1 heterocycles. The van der Waals surface area contributed by atoms with Crippen molar-refractivity contribution in [2.75, 3.05) is 6.61 Å². The standard InChI is InChI=1S/C27H36F3NO2/c1-3-5-7-9-11-24(27(28,29)30)18-19-33-26(32)23-15-13-22(14-16-23)25-17-12-21(20-31-25)10-8-6-4-2/h12-17,20,24H,3-11,18-19H2,1-2H3. The first-order valence-corrected chi connectivity index (χ1v) is 12.1. The van der Waals surface area contributed by atoms with E-state index in [0.717, 1.165) is 43.4 Å². The topological polar surface area (TPSA) is 39.2 Å². The second-order valence-electron chi connectivity index (χ2n) is 8.60. The lowest BCUT2D eigenvalue weighted by Crippen LogP contribution is -2.25. The summed E-state index contributed by atoms with van der Waals surface area (Å²) in [5.74, 6) is -2.03. The van der Waals surface area contributed by atoms with Gasteiger partial charge < -0.3 is 4.74 Å². The predicted molar refractivity (Wildman–Crippen MR) is 126 cm³/mol. The molecule has 0 aliphatic heterocycles. The van der Waals surface area contributed by atoms with E-state index in [-0.39, 0.29) is 19.4 Å². The number of hydrogen-bond donors (Lipinski definition) is 0. The van der Waals surface area contributed by atoms with Crippen LogP contribution in [0, 0.1) is 5.92 Å². The first kappa shape index (κ1) is 26.9. The molecule has 0 saturated heterocycles. The summed E-state index contributed by atoms with van der Waals surface area (Å²) >= 11 is 0. The minimum Gasteiger partial charge on any atom is -0.462 e. The maximum Gasteiger partial charge on any atom is 0.391 e. The molecule has 2 rings (SSSR count). The lowest BCUT2D eigenvalue weighted by Gasteiger charge is -2.20. The molecule has 6 heteroatoms.